The van der Waals surface area contributed by atoms with Gasteiger partial charge in [-0.1, -0.05) is 19.1 Å². The normalized spacial score (nSPS) is 20.8. The molecule has 1 aliphatic heterocycles. The summed E-state index contributed by atoms with van der Waals surface area (Å²) in [5.74, 6) is -0.136. The van der Waals surface area contributed by atoms with Gasteiger partial charge in [0.25, 0.3) is 0 Å². The topological polar surface area (TPSA) is 15.3 Å². The van der Waals surface area contributed by atoms with Crippen LogP contribution in [0, 0.1) is 5.82 Å². The van der Waals surface area contributed by atoms with Crippen LogP contribution in [-0.4, -0.2) is 30.1 Å². The van der Waals surface area contributed by atoms with Gasteiger partial charge in [-0.3, -0.25) is 4.90 Å². The van der Waals surface area contributed by atoms with Gasteiger partial charge in [0, 0.05) is 24.7 Å². The third-order valence-electron chi connectivity index (χ3n) is 4.28. The van der Waals surface area contributed by atoms with Crippen molar-refractivity contribution in [1.82, 2.24) is 10.2 Å². The Labute approximate surface area is 122 Å². The van der Waals surface area contributed by atoms with Gasteiger partial charge in [-0.25, -0.2) is 4.39 Å². The van der Waals surface area contributed by atoms with E-state index >= 15 is 0 Å². The maximum absolute atomic E-state index is 13.5. The minimum atomic E-state index is -0.136. The second-order valence-electron chi connectivity index (χ2n) is 6.06. The molecule has 2 atom stereocenters. The lowest BCUT2D eigenvalue weighted by molar-refractivity contribution is 0.135. The molecule has 1 aromatic rings. The van der Waals surface area contributed by atoms with Crippen molar-refractivity contribution < 1.29 is 4.39 Å². The fraction of sp³-hybridized carbons (Fsp3) is 0.647. The third-order valence-corrected chi connectivity index (χ3v) is 4.28. The molecule has 0 amide bonds. The fourth-order valence-corrected chi connectivity index (χ4v) is 3.24. The summed E-state index contributed by atoms with van der Waals surface area (Å²) in [6.45, 7) is 8.83. The summed E-state index contributed by atoms with van der Waals surface area (Å²) >= 11 is 0. The molecule has 0 spiro atoms. The van der Waals surface area contributed by atoms with Gasteiger partial charge in [-0.2, -0.15) is 0 Å². The molecule has 1 saturated heterocycles. The Bertz CT molecular complexity index is 413. The number of rotatable bonds is 6. The van der Waals surface area contributed by atoms with Gasteiger partial charge in [0.1, 0.15) is 5.82 Å². The second kappa shape index (κ2) is 7.19. The molecule has 1 aromatic carbocycles. The molecule has 2 rings (SSSR count). The van der Waals surface area contributed by atoms with Crippen molar-refractivity contribution in [1.29, 1.82) is 0 Å². The van der Waals surface area contributed by atoms with Gasteiger partial charge in [0.05, 0.1) is 0 Å². The van der Waals surface area contributed by atoms with Crippen molar-refractivity contribution in [2.24, 2.45) is 0 Å². The molecule has 0 radical (unpaired) electrons. The van der Waals surface area contributed by atoms with E-state index in [-0.39, 0.29) is 5.82 Å². The van der Waals surface area contributed by atoms with Gasteiger partial charge in [-0.15, -0.1) is 0 Å². The van der Waals surface area contributed by atoms with E-state index in [0.29, 0.717) is 18.1 Å². The lowest BCUT2D eigenvalue weighted by Gasteiger charge is -2.36. The summed E-state index contributed by atoms with van der Waals surface area (Å²) in [4.78, 5) is 2.51. The molecule has 3 heteroatoms. The van der Waals surface area contributed by atoms with Crippen molar-refractivity contribution in [2.45, 2.75) is 58.2 Å². The largest absolute Gasteiger partial charge is 0.313 e. The third kappa shape index (κ3) is 3.80. The van der Waals surface area contributed by atoms with Crippen LogP contribution in [0.1, 0.15) is 51.6 Å². The Morgan fingerprint density at radius 2 is 2.20 bits per heavy atom. The first-order valence-corrected chi connectivity index (χ1v) is 7.86. The van der Waals surface area contributed by atoms with E-state index < -0.39 is 0 Å². The molecule has 1 heterocycles. The minimum Gasteiger partial charge on any atom is -0.313 e. The predicted molar refractivity (Wildman–Crippen MR) is 82.3 cm³/mol. The Balaban J connectivity index is 2.15. The smallest absolute Gasteiger partial charge is 0.123 e. The molecule has 1 aliphatic rings. The average molecular weight is 278 g/mol. The van der Waals surface area contributed by atoms with Crippen LogP contribution in [0.15, 0.2) is 24.3 Å². The van der Waals surface area contributed by atoms with Crippen LogP contribution in [0.4, 0.5) is 4.39 Å². The van der Waals surface area contributed by atoms with Gasteiger partial charge in [0.15, 0.2) is 0 Å². The van der Waals surface area contributed by atoms with E-state index in [2.05, 4.69) is 37.1 Å². The summed E-state index contributed by atoms with van der Waals surface area (Å²) in [7, 11) is 0. The monoisotopic (exact) mass is 278 g/mol. The standard InChI is InChI=1S/C17H27FN2/c1-4-17(14-7-5-8-15(18)11-14)20(13(2)3)12-16-9-6-10-19-16/h5,7-8,11,13,16-17,19H,4,6,9-10,12H2,1-3H3. The highest BCUT2D eigenvalue weighted by Gasteiger charge is 2.26. The summed E-state index contributed by atoms with van der Waals surface area (Å²) in [6.07, 6.45) is 3.53. The van der Waals surface area contributed by atoms with Crippen LogP contribution >= 0.6 is 0 Å². The summed E-state index contributed by atoms with van der Waals surface area (Å²) < 4.78 is 13.5. The lowest BCUT2D eigenvalue weighted by Crippen LogP contribution is -2.43. The van der Waals surface area contributed by atoms with Crippen LogP contribution in [0.3, 0.4) is 0 Å². The Kier molecular flexibility index (Phi) is 5.55. The van der Waals surface area contributed by atoms with E-state index in [0.717, 1.165) is 25.1 Å². The fourth-order valence-electron chi connectivity index (χ4n) is 3.24. The van der Waals surface area contributed by atoms with Gasteiger partial charge in [-0.05, 0) is 57.4 Å². The molecule has 0 bridgehead atoms. The van der Waals surface area contributed by atoms with E-state index in [9.17, 15) is 4.39 Å². The molecule has 0 aromatic heterocycles. The molecule has 1 fully saturated rings. The zero-order valence-electron chi connectivity index (χ0n) is 12.9. The number of halogens is 1. The predicted octanol–water partition coefficient (Wildman–Crippen LogP) is 3.74. The Hall–Kier alpha value is -0.930. The molecule has 1 N–H and O–H groups in total. The molecule has 0 saturated carbocycles. The van der Waals surface area contributed by atoms with E-state index in [4.69, 9.17) is 0 Å². The number of benzene rings is 1. The molecule has 2 unspecified atom stereocenters. The second-order valence-corrected chi connectivity index (χ2v) is 6.06. The van der Waals surface area contributed by atoms with Crippen molar-refractivity contribution in [3.63, 3.8) is 0 Å². The molecule has 0 aliphatic carbocycles. The van der Waals surface area contributed by atoms with Crippen LogP contribution < -0.4 is 5.32 Å². The summed E-state index contributed by atoms with van der Waals surface area (Å²) in [5, 5.41) is 3.57. The number of nitrogens with zero attached hydrogens (tertiary/aromatic N) is 1. The van der Waals surface area contributed by atoms with Gasteiger partial charge in [0.2, 0.25) is 0 Å². The first-order chi connectivity index (χ1) is 9.61. The van der Waals surface area contributed by atoms with Crippen LogP contribution in [-0.2, 0) is 0 Å². The summed E-state index contributed by atoms with van der Waals surface area (Å²) in [5.41, 5.74) is 1.10. The molecular formula is C17H27FN2. The highest BCUT2D eigenvalue weighted by Crippen LogP contribution is 2.27. The van der Waals surface area contributed by atoms with Crippen LogP contribution in [0.5, 0.6) is 0 Å². The van der Waals surface area contributed by atoms with Crippen molar-refractivity contribution in [3.8, 4) is 0 Å². The van der Waals surface area contributed by atoms with Crippen LogP contribution in [0.25, 0.3) is 0 Å². The van der Waals surface area contributed by atoms with E-state index in [1.807, 2.05) is 6.07 Å². The number of hydrogen-bond acceptors (Lipinski definition) is 2. The zero-order valence-corrected chi connectivity index (χ0v) is 12.9. The highest BCUT2D eigenvalue weighted by atomic mass is 19.1. The lowest BCUT2D eigenvalue weighted by atomic mass is 10.00. The molecule has 112 valence electrons. The number of hydrogen-bond donors (Lipinski definition) is 1. The maximum atomic E-state index is 13.5. The Morgan fingerprint density at radius 3 is 2.75 bits per heavy atom. The van der Waals surface area contributed by atoms with E-state index in [1.165, 1.54) is 18.9 Å². The highest BCUT2D eigenvalue weighted by molar-refractivity contribution is 5.20. The molecular weight excluding hydrogens is 251 g/mol. The quantitative estimate of drug-likeness (QED) is 0.853. The van der Waals surface area contributed by atoms with Gasteiger partial charge < -0.3 is 5.32 Å². The first kappa shape index (κ1) is 15.5. The number of nitrogens with one attached hydrogen (secondary N) is 1. The summed E-state index contributed by atoms with van der Waals surface area (Å²) in [6, 6.07) is 8.42. The molecule has 2 nitrogen and oxygen atoms in total. The molecule has 20 heavy (non-hydrogen) atoms. The zero-order chi connectivity index (χ0) is 14.5. The van der Waals surface area contributed by atoms with Crippen molar-refractivity contribution in [3.05, 3.63) is 35.6 Å². The van der Waals surface area contributed by atoms with Crippen LogP contribution in [0.2, 0.25) is 0 Å². The first-order valence-electron chi connectivity index (χ1n) is 7.86. The van der Waals surface area contributed by atoms with Crippen molar-refractivity contribution >= 4 is 0 Å². The van der Waals surface area contributed by atoms with Crippen molar-refractivity contribution in [2.75, 3.05) is 13.1 Å². The average Bonchev–Trinajstić information content (AvgIpc) is 2.91. The minimum absolute atomic E-state index is 0.136. The maximum Gasteiger partial charge on any atom is 0.123 e. The van der Waals surface area contributed by atoms with Gasteiger partial charge >= 0.3 is 0 Å². The Morgan fingerprint density at radius 1 is 1.40 bits per heavy atom. The van der Waals surface area contributed by atoms with E-state index in [1.54, 1.807) is 6.07 Å². The SMILES string of the molecule is CCC(c1cccc(F)c1)N(CC1CCCN1)C(C)C.